The number of nitrogens with zero attached hydrogens (tertiary/aromatic N) is 1. The number of methoxy groups -OCH3 is 1. The Labute approximate surface area is 174 Å². The molecule has 3 aromatic carbocycles. The number of fused-ring (bicyclic) bond motifs is 1. The first-order valence-electron chi connectivity index (χ1n) is 9.56. The van der Waals surface area contributed by atoms with Crippen LogP contribution in [0.2, 0.25) is 0 Å². The zero-order valence-electron chi connectivity index (χ0n) is 16.4. The number of hydrogen-bond donors (Lipinski definition) is 1. The predicted octanol–water partition coefficient (Wildman–Crippen LogP) is 4.55. The van der Waals surface area contributed by atoms with Crippen molar-refractivity contribution < 1.29 is 14.3 Å². The second-order valence-electron chi connectivity index (χ2n) is 6.78. The van der Waals surface area contributed by atoms with E-state index in [1.165, 1.54) is 7.11 Å². The number of benzene rings is 3. The van der Waals surface area contributed by atoms with E-state index in [9.17, 15) is 9.59 Å². The highest BCUT2D eigenvalue weighted by Gasteiger charge is 2.25. The normalized spacial score (nSPS) is 11.6. The largest absolute Gasteiger partial charge is 0.467 e. The van der Waals surface area contributed by atoms with E-state index in [4.69, 9.17) is 4.74 Å². The Morgan fingerprint density at radius 2 is 1.50 bits per heavy atom. The molecule has 0 unspecified atom stereocenters. The van der Waals surface area contributed by atoms with Crippen molar-refractivity contribution >= 4 is 22.6 Å². The number of carbonyl (C=O) groups is 2. The minimum Gasteiger partial charge on any atom is -0.467 e. The van der Waals surface area contributed by atoms with Gasteiger partial charge in [0.05, 0.1) is 12.8 Å². The monoisotopic (exact) mass is 396 g/mol. The number of carbonyl (C=O) groups excluding carboxylic acids is 2. The Morgan fingerprint density at radius 3 is 2.20 bits per heavy atom. The Hall–Kier alpha value is -3.99. The van der Waals surface area contributed by atoms with Gasteiger partial charge < -0.3 is 10.1 Å². The van der Waals surface area contributed by atoms with Crippen LogP contribution in [0.15, 0.2) is 91.0 Å². The molecule has 5 heteroatoms. The van der Waals surface area contributed by atoms with Gasteiger partial charge in [-0.2, -0.15) is 0 Å². The summed E-state index contributed by atoms with van der Waals surface area (Å²) in [5.74, 6) is -0.985. The third-order valence-corrected chi connectivity index (χ3v) is 4.87. The van der Waals surface area contributed by atoms with Gasteiger partial charge in [-0.1, -0.05) is 84.9 Å². The first-order chi connectivity index (χ1) is 14.7. The second kappa shape index (κ2) is 8.57. The number of ether oxygens (including phenoxy) is 1. The van der Waals surface area contributed by atoms with Gasteiger partial charge in [0.2, 0.25) is 0 Å². The molecule has 0 aliphatic carbocycles. The molecule has 1 N–H and O–H groups in total. The number of esters is 1. The number of nitrogens with one attached hydrogen (secondary N) is 1. The molecule has 0 saturated heterocycles. The van der Waals surface area contributed by atoms with Gasteiger partial charge in [0.15, 0.2) is 6.04 Å². The predicted molar refractivity (Wildman–Crippen MR) is 116 cm³/mol. The topological polar surface area (TPSA) is 68.3 Å². The summed E-state index contributed by atoms with van der Waals surface area (Å²) >= 11 is 0. The van der Waals surface area contributed by atoms with Gasteiger partial charge in [0.25, 0.3) is 5.91 Å². The minimum atomic E-state index is -0.926. The molecule has 1 aromatic heterocycles. The number of rotatable bonds is 5. The Kier molecular flexibility index (Phi) is 5.52. The Bertz CT molecular complexity index is 1190. The maximum absolute atomic E-state index is 13.3. The van der Waals surface area contributed by atoms with E-state index >= 15 is 0 Å². The molecule has 0 fully saturated rings. The van der Waals surface area contributed by atoms with Gasteiger partial charge in [-0.3, -0.25) is 4.79 Å². The molecule has 1 heterocycles. The van der Waals surface area contributed by atoms with Gasteiger partial charge in [0, 0.05) is 10.9 Å². The number of amides is 1. The molecule has 0 aliphatic heterocycles. The van der Waals surface area contributed by atoms with Gasteiger partial charge in [-0.25, -0.2) is 9.78 Å². The molecule has 5 nitrogen and oxygen atoms in total. The smallest absolute Gasteiger partial charge is 0.333 e. The van der Waals surface area contributed by atoms with Crippen LogP contribution in [0.4, 0.5) is 0 Å². The van der Waals surface area contributed by atoms with Crippen LogP contribution >= 0.6 is 0 Å². The lowest BCUT2D eigenvalue weighted by molar-refractivity contribution is -0.143. The van der Waals surface area contributed by atoms with Crippen LogP contribution in [0.3, 0.4) is 0 Å². The van der Waals surface area contributed by atoms with E-state index in [0.29, 0.717) is 16.6 Å². The van der Waals surface area contributed by atoms with Gasteiger partial charge in [-0.05, 0) is 17.0 Å². The van der Waals surface area contributed by atoms with E-state index in [1.54, 1.807) is 24.3 Å². The third-order valence-electron chi connectivity index (χ3n) is 4.87. The molecular formula is C25H20N2O3. The highest BCUT2D eigenvalue weighted by Crippen LogP contribution is 2.25. The van der Waals surface area contributed by atoms with Crippen LogP contribution in [-0.4, -0.2) is 24.0 Å². The number of hydrogen-bond acceptors (Lipinski definition) is 4. The van der Waals surface area contributed by atoms with Crippen LogP contribution < -0.4 is 5.32 Å². The van der Waals surface area contributed by atoms with E-state index in [0.717, 1.165) is 10.9 Å². The molecule has 0 saturated carbocycles. The SMILES string of the molecule is COC(=O)[C@H](NC(=O)c1nc(-c2ccccc2)cc2ccccc12)c1ccccc1. The second-order valence-corrected chi connectivity index (χ2v) is 6.78. The minimum absolute atomic E-state index is 0.261. The zero-order valence-corrected chi connectivity index (χ0v) is 16.4. The van der Waals surface area contributed by atoms with Crippen LogP contribution in [-0.2, 0) is 9.53 Å². The summed E-state index contributed by atoms with van der Waals surface area (Å²) in [7, 11) is 1.30. The highest BCUT2D eigenvalue weighted by molar-refractivity contribution is 6.07. The van der Waals surface area contributed by atoms with Gasteiger partial charge in [0.1, 0.15) is 5.69 Å². The molecule has 1 amide bonds. The summed E-state index contributed by atoms with van der Waals surface area (Å²) in [6.45, 7) is 0. The van der Waals surface area contributed by atoms with Crippen molar-refractivity contribution in [3.05, 3.63) is 102 Å². The molecule has 4 rings (SSSR count). The van der Waals surface area contributed by atoms with E-state index in [1.807, 2.05) is 66.7 Å². The van der Waals surface area contributed by atoms with Gasteiger partial charge >= 0.3 is 5.97 Å². The van der Waals surface area contributed by atoms with Gasteiger partial charge in [-0.15, -0.1) is 0 Å². The molecule has 4 aromatic rings. The number of pyridine rings is 1. The summed E-state index contributed by atoms with van der Waals surface area (Å²) in [4.78, 5) is 30.3. The maximum atomic E-state index is 13.3. The molecule has 30 heavy (non-hydrogen) atoms. The molecule has 0 aliphatic rings. The van der Waals surface area contributed by atoms with Crippen molar-refractivity contribution in [3.8, 4) is 11.3 Å². The Balaban J connectivity index is 1.77. The standard InChI is InChI=1S/C25H20N2O3/c1-30-25(29)22(18-12-6-3-7-13-18)27-24(28)23-20-15-9-8-14-19(20)16-21(26-23)17-10-4-2-5-11-17/h2-16,22H,1H3,(H,27,28)/t22-/m1/s1. The van der Waals surface area contributed by atoms with Crippen molar-refractivity contribution in [3.63, 3.8) is 0 Å². The maximum Gasteiger partial charge on any atom is 0.333 e. The first kappa shape index (κ1) is 19.3. The van der Waals surface area contributed by atoms with Crippen molar-refractivity contribution in [2.45, 2.75) is 6.04 Å². The van der Waals surface area contributed by atoms with Crippen LogP contribution in [0.1, 0.15) is 22.1 Å². The zero-order chi connectivity index (χ0) is 20.9. The molecule has 1 atom stereocenters. The molecule has 0 bridgehead atoms. The third kappa shape index (κ3) is 3.91. The molecule has 0 spiro atoms. The molecule has 148 valence electrons. The molecular weight excluding hydrogens is 376 g/mol. The lowest BCUT2D eigenvalue weighted by atomic mass is 10.0. The quantitative estimate of drug-likeness (QED) is 0.503. The van der Waals surface area contributed by atoms with Crippen molar-refractivity contribution in [1.82, 2.24) is 10.3 Å². The van der Waals surface area contributed by atoms with Crippen LogP contribution in [0.5, 0.6) is 0 Å². The van der Waals surface area contributed by atoms with E-state index < -0.39 is 17.9 Å². The van der Waals surface area contributed by atoms with Crippen LogP contribution in [0.25, 0.3) is 22.0 Å². The van der Waals surface area contributed by atoms with E-state index in [2.05, 4.69) is 10.3 Å². The first-order valence-corrected chi connectivity index (χ1v) is 9.56. The van der Waals surface area contributed by atoms with Crippen LogP contribution in [0, 0.1) is 0 Å². The fraction of sp³-hybridized carbons (Fsp3) is 0.0800. The lowest BCUT2D eigenvalue weighted by Gasteiger charge is -2.17. The average Bonchev–Trinajstić information content (AvgIpc) is 2.82. The highest BCUT2D eigenvalue weighted by atomic mass is 16.5. The summed E-state index contributed by atoms with van der Waals surface area (Å²) < 4.78 is 4.91. The fourth-order valence-electron chi connectivity index (χ4n) is 3.37. The summed E-state index contributed by atoms with van der Waals surface area (Å²) in [6, 6.07) is 27.3. The summed E-state index contributed by atoms with van der Waals surface area (Å²) in [5, 5.41) is 4.40. The van der Waals surface area contributed by atoms with Crippen molar-refractivity contribution in [1.29, 1.82) is 0 Å². The van der Waals surface area contributed by atoms with Crippen molar-refractivity contribution in [2.75, 3.05) is 7.11 Å². The summed E-state index contributed by atoms with van der Waals surface area (Å²) in [5.41, 5.74) is 2.50. The average molecular weight is 396 g/mol. The lowest BCUT2D eigenvalue weighted by Crippen LogP contribution is -2.35. The fourth-order valence-corrected chi connectivity index (χ4v) is 3.37. The number of aromatic nitrogens is 1. The Morgan fingerprint density at radius 1 is 0.867 bits per heavy atom. The molecule has 0 radical (unpaired) electrons. The van der Waals surface area contributed by atoms with E-state index in [-0.39, 0.29) is 5.69 Å². The van der Waals surface area contributed by atoms with Crippen molar-refractivity contribution in [2.24, 2.45) is 0 Å². The summed E-state index contributed by atoms with van der Waals surface area (Å²) in [6.07, 6.45) is 0.